The number of fused-ring (bicyclic) bond motifs is 2. The minimum Gasteiger partial charge on any atom is -0.382 e. The van der Waals surface area contributed by atoms with Gasteiger partial charge in [0.25, 0.3) is 5.56 Å². The Morgan fingerprint density at radius 1 is 1.03 bits per heavy atom. The number of nitrogens with zero attached hydrogens (tertiary/aromatic N) is 2. The molecule has 5 rings (SSSR count). The Morgan fingerprint density at radius 2 is 1.87 bits per heavy atom. The van der Waals surface area contributed by atoms with Crippen molar-refractivity contribution in [2.24, 2.45) is 0 Å². The second kappa shape index (κ2) is 8.13. The summed E-state index contributed by atoms with van der Waals surface area (Å²) >= 11 is 6.30. The van der Waals surface area contributed by atoms with Crippen molar-refractivity contribution in [1.82, 2.24) is 19.9 Å². The van der Waals surface area contributed by atoms with Gasteiger partial charge in [0.1, 0.15) is 11.4 Å². The number of para-hydroxylation sites is 2. The zero-order valence-electron chi connectivity index (χ0n) is 16.7. The van der Waals surface area contributed by atoms with Crippen LogP contribution in [0, 0.1) is 0 Å². The number of halogens is 1. The molecule has 0 atom stereocenters. The Balaban J connectivity index is 1.58. The predicted octanol–water partition coefficient (Wildman–Crippen LogP) is 4.62. The highest BCUT2D eigenvalue weighted by molar-refractivity contribution is 6.31. The van der Waals surface area contributed by atoms with Gasteiger partial charge in [-0.25, -0.2) is 4.98 Å². The monoisotopic (exact) mass is 421 g/mol. The first-order valence-corrected chi connectivity index (χ1v) is 10.8. The van der Waals surface area contributed by atoms with Crippen molar-refractivity contribution in [3.8, 4) is 11.4 Å². The second-order valence-corrected chi connectivity index (χ2v) is 8.26. The molecule has 3 N–H and O–H groups in total. The number of rotatable bonds is 5. The van der Waals surface area contributed by atoms with Crippen LogP contribution in [0.15, 0.2) is 47.3 Å². The van der Waals surface area contributed by atoms with Crippen molar-refractivity contribution in [3.05, 3.63) is 57.8 Å². The molecule has 1 aliphatic rings. The summed E-state index contributed by atoms with van der Waals surface area (Å²) in [6.07, 6.45) is 3.83. The smallest absolute Gasteiger partial charge is 0.261 e. The third-order valence-electron chi connectivity index (χ3n) is 5.78. The van der Waals surface area contributed by atoms with Crippen LogP contribution in [0.2, 0.25) is 5.02 Å². The maximum atomic E-state index is 13.1. The van der Waals surface area contributed by atoms with Crippen LogP contribution in [0.4, 0.5) is 5.69 Å². The Kier molecular flexibility index (Phi) is 5.19. The van der Waals surface area contributed by atoms with Gasteiger partial charge in [-0.15, -0.1) is 0 Å². The summed E-state index contributed by atoms with van der Waals surface area (Å²) < 4.78 is 0. The number of pyridine rings is 1. The number of imidazole rings is 1. The molecule has 0 saturated carbocycles. The maximum Gasteiger partial charge on any atom is 0.261 e. The molecule has 0 aliphatic carbocycles. The fourth-order valence-electron chi connectivity index (χ4n) is 4.27. The molecule has 154 valence electrons. The number of nitrogens with one attached hydrogen (secondary N) is 3. The van der Waals surface area contributed by atoms with Gasteiger partial charge in [0, 0.05) is 23.5 Å². The molecule has 0 unspecified atom stereocenters. The first kappa shape index (κ1) is 19.2. The Bertz CT molecular complexity index is 1220. The summed E-state index contributed by atoms with van der Waals surface area (Å²) in [6.45, 7) is 3.97. The lowest BCUT2D eigenvalue weighted by Gasteiger charge is -2.26. The van der Waals surface area contributed by atoms with Crippen molar-refractivity contribution < 1.29 is 0 Å². The molecule has 1 aliphatic heterocycles. The molecule has 2 aromatic heterocycles. The van der Waals surface area contributed by atoms with Crippen LogP contribution in [0.3, 0.4) is 0 Å². The van der Waals surface area contributed by atoms with E-state index in [2.05, 4.69) is 25.2 Å². The summed E-state index contributed by atoms with van der Waals surface area (Å²) in [5.41, 5.74) is 3.59. The number of hydrogen-bond acceptors (Lipinski definition) is 4. The van der Waals surface area contributed by atoms with Crippen molar-refractivity contribution in [3.63, 3.8) is 0 Å². The van der Waals surface area contributed by atoms with Crippen molar-refractivity contribution in [1.29, 1.82) is 0 Å². The van der Waals surface area contributed by atoms with Crippen LogP contribution in [-0.2, 0) is 0 Å². The van der Waals surface area contributed by atoms with E-state index in [1.54, 1.807) is 6.07 Å². The Morgan fingerprint density at radius 3 is 2.70 bits per heavy atom. The van der Waals surface area contributed by atoms with E-state index in [9.17, 15) is 4.79 Å². The Hall–Kier alpha value is -2.83. The molecule has 7 heteroatoms. The van der Waals surface area contributed by atoms with Crippen LogP contribution in [0.25, 0.3) is 33.3 Å². The summed E-state index contributed by atoms with van der Waals surface area (Å²) in [6, 6.07) is 13.3. The third-order valence-corrected chi connectivity index (χ3v) is 6.02. The van der Waals surface area contributed by atoms with E-state index in [0.29, 0.717) is 16.4 Å². The molecule has 3 heterocycles. The van der Waals surface area contributed by atoms with E-state index in [0.717, 1.165) is 53.8 Å². The van der Waals surface area contributed by atoms with E-state index < -0.39 is 0 Å². The van der Waals surface area contributed by atoms with E-state index in [1.165, 1.54) is 19.3 Å². The van der Waals surface area contributed by atoms with Crippen LogP contribution in [0.5, 0.6) is 0 Å². The molecule has 1 fully saturated rings. The largest absolute Gasteiger partial charge is 0.382 e. The first-order valence-electron chi connectivity index (χ1n) is 10.5. The number of benzene rings is 2. The highest BCUT2D eigenvalue weighted by Gasteiger charge is 2.18. The van der Waals surface area contributed by atoms with Crippen LogP contribution >= 0.6 is 11.6 Å². The van der Waals surface area contributed by atoms with E-state index >= 15 is 0 Å². The lowest BCUT2D eigenvalue weighted by Crippen LogP contribution is -2.34. The summed E-state index contributed by atoms with van der Waals surface area (Å²) in [5.74, 6) is 0.555. The van der Waals surface area contributed by atoms with Gasteiger partial charge in [0.05, 0.1) is 22.2 Å². The minimum atomic E-state index is -0.177. The fraction of sp³-hybridized carbons (Fsp3) is 0.304. The summed E-state index contributed by atoms with van der Waals surface area (Å²) in [5, 5.41) is 5.05. The van der Waals surface area contributed by atoms with Gasteiger partial charge < -0.3 is 20.2 Å². The SMILES string of the molecule is O=c1[nH]c2ccc(Cl)cc2c(NCCN2CCCCC2)c1-c1nc2ccccc2[nH]1. The van der Waals surface area contributed by atoms with Gasteiger partial charge in [-0.05, 0) is 56.3 Å². The highest BCUT2D eigenvalue weighted by Crippen LogP contribution is 2.32. The number of H-pyrrole nitrogens is 2. The summed E-state index contributed by atoms with van der Waals surface area (Å²) in [4.78, 5) is 26.5. The molecular formula is C23H24ClN5O. The van der Waals surface area contributed by atoms with Gasteiger partial charge in [-0.3, -0.25) is 4.79 Å². The van der Waals surface area contributed by atoms with Crippen molar-refractivity contribution in [2.75, 3.05) is 31.5 Å². The second-order valence-electron chi connectivity index (χ2n) is 7.83. The number of likely N-dealkylation sites (tertiary alicyclic amines) is 1. The number of hydrogen-bond donors (Lipinski definition) is 3. The average Bonchev–Trinajstić information content (AvgIpc) is 3.18. The van der Waals surface area contributed by atoms with Gasteiger partial charge in [-0.1, -0.05) is 30.2 Å². The van der Waals surface area contributed by atoms with Crippen LogP contribution in [-0.4, -0.2) is 46.0 Å². The molecular weight excluding hydrogens is 398 g/mol. The molecule has 0 amide bonds. The van der Waals surface area contributed by atoms with E-state index in [1.807, 2.05) is 36.4 Å². The van der Waals surface area contributed by atoms with Crippen LogP contribution < -0.4 is 10.9 Å². The highest BCUT2D eigenvalue weighted by atomic mass is 35.5. The standard InChI is InChI=1S/C23H24ClN5O/c24-15-8-9-17-16(14-15)21(25-10-13-29-11-4-1-5-12-29)20(23(30)28-17)22-26-18-6-2-3-7-19(18)27-22/h2-3,6-9,14H,1,4-5,10-13H2,(H,26,27)(H2,25,28,30). The summed E-state index contributed by atoms with van der Waals surface area (Å²) in [7, 11) is 0. The molecule has 30 heavy (non-hydrogen) atoms. The normalized spacial score (nSPS) is 15.1. The van der Waals surface area contributed by atoms with E-state index in [-0.39, 0.29) is 5.56 Å². The van der Waals surface area contributed by atoms with Gasteiger partial charge >= 0.3 is 0 Å². The molecule has 2 aromatic carbocycles. The number of aromatic nitrogens is 3. The number of piperidine rings is 1. The average molecular weight is 422 g/mol. The Labute approximate surface area is 179 Å². The lowest BCUT2D eigenvalue weighted by molar-refractivity contribution is 0.237. The number of aromatic amines is 2. The van der Waals surface area contributed by atoms with Gasteiger partial charge in [-0.2, -0.15) is 0 Å². The zero-order valence-corrected chi connectivity index (χ0v) is 17.4. The van der Waals surface area contributed by atoms with Crippen LogP contribution in [0.1, 0.15) is 19.3 Å². The molecule has 1 saturated heterocycles. The maximum absolute atomic E-state index is 13.1. The zero-order chi connectivity index (χ0) is 20.5. The fourth-order valence-corrected chi connectivity index (χ4v) is 4.44. The predicted molar refractivity (Wildman–Crippen MR) is 123 cm³/mol. The minimum absolute atomic E-state index is 0.177. The van der Waals surface area contributed by atoms with Gasteiger partial charge in [0.15, 0.2) is 0 Å². The van der Waals surface area contributed by atoms with E-state index in [4.69, 9.17) is 11.6 Å². The lowest BCUT2D eigenvalue weighted by atomic mass is 10.1. The molecule has 6 nitrogen and oxygen atoms in total. The van der Waals surface area contributed by atoms with Crippen molar-refractivity contribution >= 4 is 39.2 Å². The van der Waals surface area contributed by atoms with Gasteiger partial charge in [0.2, 0.25) is 0 Å². The van der Waals surface area contributed by atoms with Crippen molar-refractivity contribution in [2.45, 2.75) is 19.3 Å². The molecule has 0 spiro atoms. The topological polar surface area (TPSA) is 76.8 Å². The first-order chi connectivity index (χ1) is 14.7. The molecule has 0 bridgehead atoms. The number of anilines is 1. The third kappa shape index (κ3) is 3.68. The quantitative estimate of drug-likeness (QED) is 0.439. The molecule has 0 radical (unpaired) electrons. The molecule has 4 aromatic rings.